The largest absolute Gasteiger partial charge is 0.478 e. The van der Waals surface area contributed by atoms with Crippen LogP contribution in [0.15, 0.2) is 22.7 Å². The molecule has 0 unspecified atom stereocenters. The number of aromatic carboxylic acids is 1. The Balaban J connectivity index is 1.92. The van der Waals surface area contributed by atoms with Crippen LogP contribution in [0.25, 0.3) is 0 Å². The number of anilines is 1. The molecule has 1 saturated carbocycles. The number of carbonyl (C=O) groups excluding carboxylic acids is 1. The summed E-state index contributed by atoms with van der Waals surface area (Å²) in [6, 6.07) is 4.77. The molecule has 1 aromatic carbocycles. The molecule has 21 heavy (non-hydrogen) atoms. The number of hydrogen-bond donors (Lipinski definition) is 2. The van der Waals surface area contributed by atoms with Gasteiger partial charge in [0.1, 0.15) is 0 Å². The molecule has 2 N–H and O–H groups in total. The number of hydrogen-bond acceptors (Lipinski definition) is 2. The fraction of sp³-hybridized carbons (Fsp3) is 0.500. The molecule has 0 heterocycles. The minimum Gasteiger partial charge on any atom is -0.478 e. The second kappa shape index (κ2) is 7.59. The lowest BCUT2D eigenvalue weighted by atomic mass is 9.86. The van der Waals surface area contributed by atoms with E-state index in [1.54, 1.807) is 12.1 Å². The monoisotopic (exact) mass is 353 g/mol. The Morgan fingerprint density at radius 3 is 2.62 bits per heavy atom. The number of benzene rings is 1. The molecule has 2 rings (SSSR count). The number of nitrogens with one attached hydrogen (secondary N) is 1. The lowest BCUT2D eigenvalue weighted by molar-refractivity contribution is -0.116. The summed E-state index contributed by atoms with van der Waals surface area (Å²) in [6.45, 7) is 0. The third-order valence-corrected chi connectivity index (χ3v) is 4.48. The molecular weight excluding hydrogens is 334 g/mol. The number of rotatable bonds is 5. The molecule has 1 aromatic rings. The van der Waals surface area contributed by atoms with Gasteiger partial charge in [-0.15, -0.1) is 0 Å². The van der Waals surface area contributed by atoms with Crippen molar-refractivity contribution in [1.82, 2.24) is 0 Å². The second-order valence-corrected chi connectivity index (χ2v) is 6.50. The first-order valence-electron chi connectivity index (χ1n) is 7.39. The molecule has 1 aliphatic rings. The smallest absolute Gasteiger partial charge is 0.337 e. The van der Waals surface area contributed by atoms with Crippen LogP contribution in [0.5, 0.6) is 0 Å². The summed E-state index contributed by atoms with van der Waals surface area (Å²) in [5.74, 6) is -0.503. The van der Waals surface area contributed by atoms with Crippen LogP contribution in [0.3, 0.4) is 0 Å². The molecule has 0 aromatic heterocycles. The van der Waals surface area contributed by atoms with E-state index >= 15 is 0 Å². The van der Waals surface area contributed by atoms with E-state index in [-0.39, 0.29) is 11.5 Å². The maximum Gasteiger partial charge on any atom is 0.337 e. The van der Waals surface area contributed by atoms with Gasteiger partial charge in [-0.1, -0.05) is 48.0 Å². The van der Waals surface area contributed by atoms with Crippen molar-refractivity contribution in [3.8, 4) is 0 Å². The molecule has 0 atom stereocenters. The minimum absolute atomic E-state index is 0.110. The van der Waals surface area contributed by atoms with Gasteiger partial charge in [0.15, 0.2) is 0 Å². The molecule has 0 aliphatic heterocycles. The zero-order valence-corrected chi connectivity index (χ0v) is 13.5. The van der Waals surface area contributed by atoms with E-state index in [0.717, 1.165) is 10.9 Å². The van der Waals surface area contributed by atoms with Gasteiger partial charge in [0, 0.05) is 10.9 Å². The standard InChI is InChI=1S/C16H20BrNO3/c17-12-7-8-13(16(20)21)14(10-12)18-15(19)9-6-11-4-2-1-3-5-11/h7-8,10-11H,1-6,9H2,(H,18,19)(H,20,21). The molecule has 0 saturated heterocycles. The van der Waals surface area contributed by atoms with Crippen LogP contribution >= 0.6 is 15.9 Å². The quantitative estimate of drug-likeness (QED) is 0.821. The Bertz CT molecular complexity index is 524. The lowest BCUT2D eigenvalue weighted by Crippen LogP contribution is -2.16. The predicted octanol–water partition coefficient (Wildman–Crippen LogP) is 4.45. The molecular formula is C16H20BrNO3. The number of halogens is 1. The van der Waals surface area contributed by atoms with E-state index in [2.05, 4.69) is 21.2 Å². The van der Waals surface area contributed by atoms with E-state index in [4.69, 9.17) is 5.11 Å². The average molecular weight is 354 g/mol. The fourth-order valence-corrected chi connectivity index (χ4v) is 3.19. The predicted molar refractivity (Wildman–Crippen MR) is 85.5 cm³/mol. The van der Waals surface area contributed by atoms with E-state index in [1.165, 1.54) is 38.2 Å². The van der Waals surface area contributed by atoms with Crippen LogP contribution in [-0.2, 0) is 4.79 Å². The Kier molecular flexibility index (Phi) is 5.79. The molecule has 114 valence electrons. The van der Waals surface area contributed by atoms with E-state index in [9.17, 15) is 9.59 Å². The van der Waals surface area contributed by atoms with Crippen molar-refractivity contribution in [1.29, 1.82) is 0 Å². The first-order chi connectivity index (χ1) is 10.1. The number of amides is 1. The Hall–Kier alpha value is -1.36. The Morgan fingerprint density at radius 2 is 1.95 bits per heavy atom. The molecule has 5 heteroatoms. The summed E-state index contributed by atoms with van der Waals surface area (Å²) < 4.78 is 0.745. The van der Waals surface area contributed by atoms with Crippen LogP contribution in [0.4, 0.5) is 5.69 Å². The van der Waals surface area contributed by atoms with Crippen LogP contribution in [-0.4, -0.2) is 17.0 Å². The maximum atomic E-state index is 12.0. The van der Waals surface area contributed by atoms with Crippen molar-refractivity contribution in [2.75, 3.05) is 5.32 Å². The van der Waals surface area contributed by atoms with Gasteiger partial charge in [-0.25, -0.2) is 4.79 Å². The normalized spacial score (nSPS) is 15.7. The second-order valence-electron chi connectivity index (χ2n) is 5.59. The summed E-state index contributed by atoms with van der Waals surface area (Å²) >= 11 is 3.29. The number of carboxylic acids is 1. The third kappa shape index (κ3) is 4.84. The highest BCUT2D eigenvalue weighted by atomic mass is 79.9. The van der Waals surface area contributed by atoms with Crippen LogP contribution < -0.4 is 5.32 Å². The summed E-state index contributed by atoms with van der Waals surface area (Å²) in [7, 11) is 0. The lowest BCUT2D eigenvalue weighted by Gasteiger charge is -2.21. The van der Waals surface area contributed by atoms with Crippen molar-refractivity contribution in [2.45, 2.75) is 44.9 Å². The van der Waals surface area contributed by atoms with Gasteiger partial charge in [-0.3, -0.25) is 4.79 Å². The van der Waals surface area contributed by atoms with Crippen molar-refractivity contribution in [2.24, 2.45) is 5.92 Å². The molecule has 0 radical (unpaired) electrons. The molecule has 0 bridgehead atoms. The van der Waals surface area contributed by atoms with Gasteiger partial charge >= 0.3 is 5.97 Å². The molecule has 4 nitrogen and oxygen atoms in total. The van der Waals surface area contributed by atoms with E-state index in [1.807, 2.05) is 0 Å². The zero-order chi connectivity index (χ0) is 15.2. The first kappa shape index (κ1) is 16.0. The van der Waals surface area contributed by atoms with Gasteiger partial charge in [-0.2, -0.15) is 0 Å². The van der Waals surface area contributed by atoms with Crippen LogP contribution in [0, 0.1) is 5.92 Å². The van der Waals surface area contributed by atoms with E-state index < -0.39 is 5.97 Å². The molecule has 1 aliphatic carbocycles. The number of carbonyl (C=O) groups is 2. The minimum atomic E-state index is -1.04. The third-order valence-electron chi connectivity index (χ3n) is 3.99. The van der Waals surface area contributed by atoms with Crippen LogP contribution in [0.1, 0.15) is 55.3 Å². The molecule has 1 fully saturated rings. The molecule has 1 amide bonds. The Morgan fingerprint density at radius 1 is 1.24 bits per heavy atom. The van der Waals surface area contributed by atoms with Gasteiger partial charge in [0.25, 0.3) is 0 Å². The Labute approximate surface area is 133 Å². The van der Waals surface area contributed by atoms with Crippen molar-refractivity contribution in [3.05, 3.63) is 28.2 Å². The van der Waals surface area contributed by atoms with Crippen LogP contribution in [0.2, 0.25) is 0 Å². The average Bonchev–Trinajstić information content (AvgIpc) is 2.46. The van der Waals surface area contributed by atoms with Gasteiger partial charge in [-0.05, 0) is 30.5 Å². The molecule has 0 spiro atoms. The van der Waals surface area contributed by atoms with Gasteiger partial charge in [0.05, 0.1) is 11.3 Å². The number of carboxylic acid groups (broad SMARTS) is 1. The SMILES string of the molecule is O=C(CCC1CCCCC1)Nc1cc(Br)ccc1C(=O)O. The highest BCUT2D eigenvalue weighted by molar-refractivity contribution is 9.10. The summed E-state index contributed by atoms with van der Waals surface area (Å²) in [5, 5.41) is 11.9. The van der Waals surface area contributed by atoms with Crippen molar-refractivity contribution < 1.29 is 14.7 Å². The highest BCUT2D eigenvalue weighted by Crippen LogP contribution is 2.28. The summed E-state index contributed by atoms with van der Waals surface area (Å²) in [4.78, 5) is 23.2. The first-order valence-corrected chi connectivity index (χ1v) is 8.18. The van der Waals surface area contributed by atoms with Gasteiger partial charge in [0.2, 0.25) is 5.91 Å². The fourth-order valence-electron chi connectivity index (χ4n) is 2.83. The van der Waals surface area contributed by atoms with Gasteiger partial charge < -0.3 is 10.4 Å². The summed E-state index contributed by atoms with van der Waals surface area (Å²) in [5.41, 5.74) is 0.467. The van der Waals surface area contributed by atoms with Crippen molar-refractivity contribution >= 4 is 33.5 Å². The summed E-state index contributed by atoms with van der Waals surface area (Å²) in [6.07, 6.45) is 7.61. The van der Waals surface area contributed by atoms with E-state index in [0.29, 0.717) is 18.0 Å². The highest BCUT2D eigenvalue weighted by Gasteiger charge is 2.16. The van der Waals surface area contributed by atoms with Crippen molar-refractivity contribution in [3.63, 3.8) is 0 Å². The topological polar surface area (TPSA) is 66.4 Å². The maximum absolute atomic E-state index is 12.0. The zero-order valence-electron chi connectivity index (χ0n) is 11.9.